The van der Waals surface area contributed by atoms with Gasteiger partial charge < -0.3 is 24.7 Å². The molecule has 3 aliphatic rings. The molecule has 6 atom stereocenters. The van der Waals surface area contributed by atoms with Crippen molar-refractivity contribution in [2.75, 3.05) is 18.1 Å². The van der Waals surface area contributed by atoms with Crippen LogP contribution in [-0.2, 0) is 19.1 Å². The van der Waals surface area contributed by atoms with E-state index in [0.717, 1.165) is 11.1 Å². The summed E-state index contributed by atoms with van der Waals surface area (Å²) in [6.07, 6.45) is 2.45. The summed E-state index contributed by atoms with van der Waals surface area (Å²) < 4.78 is 6.31. The zero-order valence-corrected chi connectivity index (χ0v) is 20.9. The Bertz CT molecular complexity index is 1040. The summed E-state index contributed by atoms with van der Waals surface area (Å²) in [6.45, 7) is 11.6. The molecule has 4 rings (SSSR count). The number of aryl methyl sites for hydroxylation is 2. The smallest absolute Gasteiger partial charge is 0.310 e. The molecule has 1 aromatic carbocycles. The fourth-order valence-electron chi connectivity index (χ4n) is 6.46. The van der Waals surface area contributed by atoms with Gasteiger partial charge in [0.1, 0.15) is 11.6 Å². The third-order valence-electron chi connectivity index (χ3n) is 7.84. The average molecular weight is 485 g/mol. The molecule has 1 spiro atoms. The summed E-state index contributed by atoms with van der Waals surface area (Å²) in [4.78, 5) is 43.6. The van der Waals surface area contributed by atoms with E-state index >= 15 is 0 Å². The van der Waals surface area contributed by atoms with Crippen molar-refractivity contribution in [3.63, 3.8) is 0 Å². The van der Waals surface area contributed by atoms with Gasteiger partial charge in [0.2, 0.25) is 5.91 Å². The average Bonchev–Trinajstić information content (AvgIpc) is 3.44. The third-order valence-corrected chi connectivity index (χ3v) is 7.84. The summed E-state index contributed by atoms with van der Waals surface area (Å²) >= 11 is 0. The first-order valence-electron chi connectivity index (χ1n) is 12.4. The number of hydrogen-bond donors (Lipinski definition) is 2. The highest BCUT2D eigenvalue weighted by molar-refractivity contribution is 6.05. The van der Waals surface area contributed by atoms with Gasteiger partial charge >= 0.3 is 5.97 Å². The van der Waals surface area contributed by atoms with Crippen LogP contribution in [0.2, 0.25) is 0 Å². The number of carbonyl (C=O) groups is 3. The minimum Gasteiger partial charge on any atom is -0.481 e. The lowest BCUT2D eigenvalue weighted by Crippen LogP contribution is -2.59. The van der Waals surface area contributed by atoms with Crippen molar-refractivity contribution in [1.82, 2.24) is 4.90 Å². The molecule has 2 unspecified atom stereocenters. The van der Waals surface area contributed by atoms with Crippen molar-refractivity contribution >= 4 is 23.5 Å². The number of carbonyl (C=O) groups excluding carboxylic acids is 2. The van der Waals surface area contributed by atoms with Gasteiger partial charge in [-0.2, -0.15) is 0 Å². The molecule has 0 radical (unpaired) electrons. The van der Waals surface area contributed by atoms with Crippen LogP contribution in [0.15, 0.2) is 30.9 Å². The monoisotopic (exact) mass is 484 g/mol. The number of likely N-dealkylation sites (tertiary alicyclic amines) is 1. The first-order chi connectivity index (χ1) is 16.6. The van der Waals surface area contributed by atoms with Crippen LogP contribution in [0.5, 0.6) is 0 Å². The van der Waals surface area contributed by atoms with Crippen molar-refractivity contribution in [2.45, 2.75) is 70.7 Å². The summed E-state index contributed by atoms with van der Waals surface area (Å²) in [5.74, 6) is -3.60. The number of aliphatic hydroxyl groups is 1. The minimum absolute atomic E-state index is 0.157. The lowest BCUT2D eigenvalue weighted by Gasteiger charge is -2.40. The van der Waals surface area contributed by atoms with Crippen LogP contribution < -0.4 is 4.90 Å². The summed E-state index contributed by atoms with van der Waals surface area (Å²) in [5, 5.41) is 20.3. The molecule has 2 bridgehead atoms. The molecule has 35 heavy (non-hydrogen) atoms. The van der Waals surface area contributed by atoms with Crippen LogP contribution in [0, 0.1) is 31.6 Å². The van der Waals surface area contributed by atoms with Crippen molar-refractivity contribution in [3.8, 4) is 0 Å². The first kappa shape index (κ1) is 25.4. The van der Waals surface area contributed by atoms with Crippen LogP contribution >= 0.6 is 0 Å². The molecule has 0 aliphatic carbocycles. The third kappa shape index (κ3) is 3.96. The highest BCUT2D eigenvalue weighted by Crippen LogP contribution is 2.59. The van der Waals surface area contributed by atoms with Gasteiger partial charge in [0.05, 0.1) is 30.6 Å². The molecule has 0 aromatic heterocycles. The Labute approximate surface area is 206 Å². The maximum atomic E-state index is 14.4. The van der Waals surface area contributed by atoms with Gasteiger partial charge in [-0.05, 0) is 56.2 Å². The highest BCUT2D eigenvalue weighted by Gasteiger charge is 2.75. The second-order valence-corrected chi connectivity index (χ2v) is 10.6. The zero-order chi connectivity index (χ0) is 25.7. The number of carboxylic acid groups (broad SMARTS) is 1. The van der Waals surface area contributed by atoms with E-state index in [9.17, 15) is 24.6 Å². The van der Waals surface area contributed by atoms with Crippen molar-refractivity contribution < 1.29 is 29.3 Å². The van der Waals surface area contributed by atoms with Gasteiger partial charge in [0.25, 0.3) is 5.91 Å². The van der Waals surface area contributed by atoms with Crippen molar-refractivity contribution in [1.29, 1.82) is 0 Å². The molecule has 3 aliphatic heterocycles. The van der Waals surface area contributed by atoms with Crippen molar-refractivity contribution in [2.24, 2.45) is 17.8 Å². The molecular weight excluding hydrogens is 448 g/mol. The van der Waals surface area contributed by atoms with E-state index in [4.69, 9.17) is 4.74 Å². The normalized spacial score (nSPS) is 30.0. The Balaban J connectivity index is 1.85. The molecule has 8 nitrogen and oxygen atoms in total. The fourth-order valence-corrected chi connectivity index (χ4v) is 6.46. The minimum atomic E-state index is -1.22. The van der Waals surface area contributed by atoms with E-state index in [-0.39, 0.29) is 25.0 Å². The maximum absolute atomic E-state index is 14.4. The SMILES string of the molecule is C=CCN(C(=O)C1N([C@@H](CO)CC(C)C)C(=O)[C@@H]2[C@@H](C(=O)O)[C@H]3CCC12O3)c1cc(C)ccc1C. The molecule has 2 amide bonds. The fraction of sp³-hybridized carbons (Fsp3) is 0.593. The highest BCUT2D eigenvalue weighted by atomic mass is 16.5. The number of aliphatic hydroxyl groups excluding tert-OH is 1. The summed E-state index contributed by atoms with van der Waals surface area (Å²) in [6, 6.07) is 4.21. The van der Waals surface area contributed by atoms with E-state index in [0.29, 0.717) is 24.9 Å². The van der Waals surface area contributed by atoms with Crippen LogP contribution in [0.1, 0.15) is 44.2 Å². The van der Waals surface area contributed by atoms with E-state index in [1.165, 1.54) is 4.90 Å². The van der Waals surface area contributed by atoms with Crippen LogP contribution in [0.4, 0.5) is 5.69 Å². The van der Waals surface area contributed by atoms with Crippen LogP contribution in [-0.4, -0.2) is 69.8 Å². The number of hydrogen-bond acceptors (Lipinski definition) is 5. The van der Waals surface area contributed by atoms with Crippen LogP contribution in [0.3, 0.4) is 0 Å². The number of ether oxygens (including phenoxy) is 1. The molecule has 3 saturated heterocycles. The van der Waals surface area contributed by atoms with Crippen molar-refractivity contribution in [3.05, 3.63) is 42.0 Å². The standard InChI is InChI=1S/C27H36N2O6/c1-6-11-28(19-13-16(4)7-8-17(19)5)25(32)23-27-10-9-20(35-27)21(26(33)34)22(27)24(31)29(23)18(14-30)12-15(2)3/h6-8,13,15,18,20-23,30H,1,9-12,14H2,2-5H3,(H,33,34)/t18-,20-,21+,22+,23?,27?/m1/s1. The molecular formula is C27H36N2O6. The van der Waals surface area contributed by atoms with Gasteiger partial charge in [-0.3, -0.25) is 14.4 Å². The maximum Gasteiger partial charge on any atom is 0.310 e. The number of nitrogens with zero attached hydrogens (tertiary/aromatic N) is 2. The predicted molar refractivity (Wildman–Crippen MR) is 131 cm³/mol. The number of amides is 2. The van der Waals surface area contributed by atoms with E-state index in [1.807, 2.05) is 45.9 Å². The Morgan fingerprint density at radius 1 is 1.34 bits per heavy atom. The number of fused-ring (bicyclic) bond motifs is 1. The molecule has 2 N–H and O–H groups in total. The topological polar surface area (TPSA) is 107 Å². The lowest BCUT2D eigenvalue weighted by atomic mass is 9.70. The molecule has 8 heteroatoms. The summed E-state index contributed by atoms with van der Waals surface area (Å²) in [5.41, 5.74) is 1.38. The van der Waals surface area contributed by atoms with Gasteiger partial charge in [0, 0.05) is 12.2 Å². The first-order valence-corrected chi connectivity index (χ1v) is 12.4. The van der Waals surface area contributed by atoms with E-state index in [2.05, 4.69) is 6.58 Å². The number of benzene rings is 1. The Morgan fingerprint density at radius 3 is 2.66 bits per heavy atom. The Morgan fingerprint density at radius 2 is 2.06 bits per heavy atom. The van der Waals surface area contributed by atoms with E-state index < -0.39 is 47.5 Å². The molecule has 1 aromatic rings. The molecule has 190 valence electrons. The lowest BCUT2D eigenvalue weighted by molar-refractivity contribution is -0.151. The quantitative estimate of drug-likeness (QED) is 0.522. The zero-order valence-electron chi connectivity index (χ0n) is 20.9. The van der Waals surface area contributed by atoms with Crippen LogP contribution in [0.25, 0.3) is 0 Å². The van der Waals surface area contributed by atoms with Gasteiger partial charge in [-0.15, -0.1) is 6.58 Å². The van der Waals surface area contributed by atoms with Gasteiger partial charge in [-0.25, -0.2) is 0 Å². The predicted octanol–water partition coefficient (Wildman–Crippen LogP) is 2.69. The molecule has 3 fully saturated rings. The molecule has 0 saturated carbocycles. The summed E-state index contributed by atoms with van der Waals surface area (Å²) in [7, 11) is 0. The Hall–Kier alpha value is -2.71. The molecule has 3 heterocycles. The second-order valence-electron chi connectivity index (χ2n) is 10.6. The van der Waals surface area contributed by atoms with E-state index in [1.54, 1.807) is 11.0 Å². The van der Waals surface area contributed by atoms with Gasteiger partial charge in [-0.1, -0.05) is 32.1 Å². The number of aliphatic carboxylic acids is 1. The number of anilines is 1. The second kappa shape index (κ2) is 9.39. The Kier molecular flexibility index (Phi) is 6.81. The largest absolute Gasteiger partial charge is 0.481 e. The van der Waals surface area contributed by atoms with Gasteiger partial charge in [0.15, 0.2) is 0 Å². The number of rotatable bonds is 9. The number of carboxylic acids is 1.